The second-order valence-corrected chi connectivity index (χ2v) is 6.11. The van der Waals surface area contributed by atoms with Gasteiger partial charge in [0, 0.05) is 26.2 Å². The fraction of sp³-hybridized carbons (Fsp3) is 0.368. The van der Waals surface area contributed by atoms with Gasteiger partial charge in [0.25, 0.3) is 11.8 Å². The predicted octanol–water partition coefficient (Wildman–Crippen LogP) is 2.34. The van der Waals surface area contributed by atoms with Gasteiger partial charge in [-0.05, 0) is 37.6 Å². The third kappa shape index (κ3) is 4.41. The van der Waals surface area contributed by atoms with Crippen molar-refractivity contribution >= 4 is 11.8 Å². The molecule has 0 spiro atoms. The number of hydrogen-bond donors (Lipinski definition) is 0. The fourth-order valence-corrected chi connectivity index (χ4v) is 2.80. The van der Waals surface area contributed by atoms with Crippen molar-refractivity contribution in [3.8, 4) is 5.75 Å². The van der Waals surface area contributed by atoms with E-state index < -0.39 is 0 Å². The molecule has 0 atom stereocenters. The summed E-state index contributed by atoms with van der Waals surface area (Å²) < 4.78 is 10.7. The van der Waals surface area contributed by atoms with Gasteiger partial charge in [-0.25, -0.2) is 0 Å². The summed E-state index contributed by atoms with van der Waals surface area (Å²) in [6.45, 7) is 4.25. The van der Waals surface area contributed by atoms with Crippen molar-refractivity contribution in [2.45, 2.75) is 13.3 Å². The molecule has 1 aromatic carbocycles. The molecule has 25 heavy (non-hydrogen) atoms. The van der Waals surface area contributed by atoms with E-state index in [0.29, 0.717) is 37.7 Å². The highest BCUT2D eigenvalue weighted by Crippen LogP contribution is 2.13. The number of amides is 2. The van der Waals surface area contributed by atoms with Crippen molar-refractivity contribution in [3.05, 3.63) is 54.0 Å². The maximum Gasteiger partial charge on any atom is 0.289 e. The van der Waals surface area contributed by atoms with Crippen molar-refractivity contribution < 1.29 is 18.7 Å². The maximum atomic E-state index is 12.4. The highest BCUT2D eigenvalue weighted by atomic mass is 16.5. The molecule has 2 amide bonds. The van der Waals surface area contributed by atoms with E-state index in [1.807, 2.05) is 31.2 Å². The summed E-state index contributed by atoms with van der Waals surface area (Å²) in [6, 6.07) is 11.0. The summed E-state index contributed by atoms with van der Waals surface area (Å²) in [6.07, 6.45) is 2.23. The molecule has 2 heterocycles. The molecule has 3 rings (SSSR count). The Morgan fingerprint density at radius 3 is 2.48 bits per heavy atom. The van der Waals surface area contributed by atoms with Crippen LogP contribution in [0.4, 0.5) is 0 Å². The molecule has 0 unspecified atom stereocenters. The molecule has 6 heteroatoms. The Labute approximate surface area is 147 Å². The molecule has 1 saturated heterocycles. The molecule has 2 aromatic rings. The first-order chi connectivity index (χ1) is 12.1. The van der Waals surface area contributed by atoms with Gasteiger partial charge >= 0.3 is 0 Å². The summed E-state index contributed by atoms with van der Waals surface area (Å²) in [5.74, 6) is 0.828. The molecule has 0 saturated carbocycles. The van der Waals surface area contributed by atoms with Gasteiger partial charge in [0.05, 0.1) is 6.26 Å². The molecule has 132 valence electrons. The second kappa shape index (κ2) is 7.88. The first-order valence-electron chi connectivity index (χ1n) is 8.43. The lowest BCUT2D eigenvalue weighted by Crippen LogP contribution is -2.39. The standard InChI is InChI=1S/C19H22N2O4/c1-15-5-7-16(8-6-15)25-14-18(22)20-9-3-10-21(12-11-20)19(23)17-4-2-13-24-17/h2,4-8,13H,3,9-12,14H2,1H3. The van der Waals surface area contributed by atoms with Crippen LogP contribution in [0.25, 0.3) is 0 Å². The minimum atomic E-state index is -0.129. The predicted molar refractivity (Wildman–Crippen MR) is 92.5 cm³/mol. The minimum absolute atomic E-state index is 0.00912. The van der Waals surface area contributed by atoms with Gasteiger partial charge < -0.3 is 19.0 Å². The number of benzene rings is 1. The van der Waals surface area contributed by atoms with E-state index in [1.54, 1.807) is 21.9 Å². The average Bonchev–Trinajstić information content (AvgIpc) is 3.05. The van der Waals surface area contributed by atoms with Crippen molar-refractivity contribution in [1.29, 1.82) is 0 Å². The molecule has 1 aliphatic rings. The van der Waals surface area contributed by atoms with Gasteiger partial charge in [-0.3, -0.25) is 9.59 Å². The average molecular weight is 342 g/mol. The molecular weight excluding hydrogens is 320 g/mol. The normalized spacial score (nSPS) is 14.9. The van der Waals surface area contributed by atoms with E-state index in [1.165, 1.54) is 6.26 Å². The monoisotopic (exact) mass is 342 g/mol. The Morgan fingerprint density at radius 1 is 1.04 bits per heavy atom. The van der Waals surface area contributed by atoms with Gasteiger partial charge in [0.2, 0.25) is 0 Å². The van der Waals surface area contributed by atoms with Crippen LogP contribution < -0.4 is 4.74 Å². The number of hydrogen-bond acceptors (Lipinski definition) is 4. The number of carbonyl (C=O) groups excluding carboxylic acids is 2. The number of carbonyl (C=O) groups is 2. The van der Waals surface area contributed by atoms with Crippen molar-refractivity contribution in [2.75, 3.05) is 32.8 Å². The fourth-order valence-electron chi connectivity index (χ4n) is 2.80. The van der Waals surface area contributed by atoms with Crippen LogP contribution in [0.5, 0.6) is 5.75 Å². The second-order valence-electron chi connectivity index (χ2n) is 6.11. The van der Waals surface area contributed by atoms with Gasteiger partial charge in [0.15, 0.2) is 12.4 Å². The van der Waals surface area contributed by atoms with Crippen LogP contribution in [0.2, 0.25) is 0 Å². The first kappa shape index (κ1) is 17.1. The lowest BCUT2D eigenvalue weighted by molar-refractivity contribution is -0.133. The van der Waals surface area contributed by atoms with Crippen LogP contribution in [0.15, 0.2) is 47.1 Å². The van der Waals surface area contributed by atoms with E-state index in [-0.39, 0.29) is 18.4 Å². The van der Waals surface area contributed by atoms with E-state index in [9.17, 15) is 9.59 Å². The summed E-state index contributed by atoms with van der Waals surface area (Å²) in [5.41, 5.74) is 1.15. The molecule has 0 radical (unpaired) electrons. The maximum absolute atomic E-state index is 12.4. The van der Waals surface area contributed by atoms with Crippen LogP contribution in [-0.4, -0.2) is 54.4 Å². The van der Waals surface area contributed by atoms with Crippen LogP contribution in [0.3, 0.4) is 0 Å². The smallest absolute Gasteiger partial charge is 0.289 e. The van der Waals surface area contributed by atoms with E-state index in [2.05, 4.69) is 0 Å². The Hall–Kier alpha value is -2.76. The number of aryl methyl sites for hydroxylation is 1. The van der Waals surface area contributed by atoms with E-state index >= 15 is 0 Å². The minimum Gasteiger partial charge on any atom is -0.484 e. The number of furan rings is 1. The zero-order valence-corrected chi connectivity index (χ0v) is 14.3. The number of rotatable bonds is 4. The van der Waals surface area contributed by atoms with E-state index in [4.69, 9.17) is 9.15 Å². The topological polar surface area (TPSA) is 63.0 Å². The van der Waals surface area contributed by atoms with Crippen molar-refractivity contribution in [3.63, 3.8) is 0 Å². The summed E-state index contributed by atoms with van der Waals surface area (Å²) in [4.78, 5) is 28.2. The largest absolute Gasteiger partial charge is 0.484 e. The highest BCUT2D eigenvalue weighted by Gasteiger charge is 2.24. The van der Waals surface area contributed by atoms with Crippen LogP contribution >= 0.6 is 0 Å². The number of nitrogens with zero attached hydrogens (tertiary/aromatic N) is 2. The van der Waals surface area contributed by atoms with Crippen molar-refractivity contribution in [1.82, 2.24) is 9.80 Å². The van der Waals surface area contributed by atoms with Crippen LogP contribution in [0.1, 0.15) is 22.5 Å². The Bertz CT molecular complexity index is 710. The quantitative estimate of drug-likeness (QED) is 0.856. The van der Waals surface area contributed by atoms with E-state index in [0.717, 1.165) is 12.0 Å². The molecule has 1 fully saturated rings. The molecule has 0 bridgehead atoms. The zero-order valence-electron chi connectivity index (χ0n) is 14.3. The van der Waals surface area contributed by atoms with Crippen LogP contribution in [-0.2, 0) is 4.79 Å². The molecular formula is C19H22N2O4. The van der Waals surface area contributed by atoms with Gasteiger partial charge in [-0.15, -0.1) is 0 Å². The summed E-state index contributed by atoms with van der Waals surface area (Å²) in [7, 11) is 0. The lowest BCUT2D eigenvalue weighted by atomic mass is 10.2. The Morgan fingerprint density at radius 2 is 1.76 bits per heavy atom. The number of ether oxygens (including phenoxy) is 1. The van der Waals surface area contributed by atoms with Crippen LogP contribution in [0, 0.1) is 6.92 Å². The third-order valence-corrected chi connectivity index (χ3v) is 4.25. The molecule has 1 aliphatic heterocycles. The van der Waals surface area contributed by atoms with Gasteiger partial charge in [0.1, 0.15) is 5.75 Å². The first-order valence-corrected chi connectivity index (χ1v) is 8.43. The zero-order chi connectivity index (χ0) is 17.6. The molecule has 6 nitrogen and oxygen atoms in total. The van der Waals surface area contributed by atoms with Gasteiger partial charge in [-0.1, -0.05) is 17.7 Å². The van der Waals surface area contributed by atoms with Gasteiger partial charge in [-0.2, -0.15) is 0 Å². The lowest BCUT2D eigenvalue weighted by Gasteiger charge is -2.21. The molecule has 0 aliphatic carbocycles. The Balaban J connectivity index is 1.51. The highest BCUT2D eigenvalue weighted by molar-refractivity contribution is 5.91. The third-order valence-electron chi connectivity index (χ3n) is 4.25. The molecule has 0 N–H and O–H groups in total. The summed E-state index contributed by atoms with van der Waals surface area (Å²) in [5, 5.41) is 0. The molecule has 1 aromatic heterocycles. The SMILES string of the molecule is Cc1ccc(OCC(=O)N2CCCN(C(=O)c3ccco3)CC2)cc1. The van der Waals surface area contributed by atoms with Crippen molar-refractivity contribution in [2.24, 2.45) is 0 Å². The summed E-state index contributed by atoms with van der Waals surface area (Å²) >= 11 is 0. The Kier molecular flexibility index (Phi) is 5.38.